The zero-order chi connectivity index (χ0) is 28.8. The Morgan fingerprint density at radius 1 is 1.07 bits per heavy atom. The summed E-state index contributed by atoms with van der Waals surface area (Å²) in [7, 11) is 0. The van der Waals surface area contributed by atoms with Gasteiger partial charge in [0, 0.05) is 16.5 Å². The molecule has 5 rings (SSSR count). The summed E-state index contributed by atoms with van der Waals surface area (Å²) in [6, 6.07) is 10.4. The Bertz CT molecular complexity index is 1590. The van der Waals surface area contributed by atoms with Crippen LogP contribution in [0.2, 0.25) is 0 Å². The molecule has 0 spiro atoms. The van der Waals surface area contributed by atoms with E-state index >= 15 is 0 Å². The van der Waals surface area contributed by atoms with Crippen molar-refractivity contribution in [2.24, 2.45) is 5.92 Å². The molecule has 0 unspecified atom stereocenters. The minimum atomic E-state index is -4.57. The van der Waals surface area contributed by atoms with Crippen LogP contribution in [0.25, 0.3) is 0 Å². The third-order valence-electron chi connectivity index (χ3n) is 6.27. The minimum Gasteiger partial charge on any atom is -0.484 e. The normalized spacial score (nSPS) is 20.2. The molecular weight excluding hydrogens is 575 g/mol. The van der Waals surface area contributed by atoms with E-state index < -0.39 is 65.7 Å². The third kappa shape index (κ3) is 5.34. The Hall–Kier alpha value is -4.11. The van der Waals surface area contributed by atoms with Gasteiger partial charge in [-0.05, 0) is 35.9 Å². The number of hydrogen-bond donors (Lipinski definition) is 3. The number of aliphatic carboxylic acids is 1. The molecule has 0 aliphatic carbocycles. The van der Waals surface area contributed by atoms with Crippen LogP contribution in [0.4, 0.5) is 18.9 Å². The van der Waals surface area contributed by atoms with E-state index in [4.69, 9.17) is 4.74 Å². The first-order valence-corrected chi connectivity index (χ1v) is 13.3. The van der Waals surface area contributed by atoms with Gasteiger partial charge in [0.15, 0.2) is 6.61 Å². The number of halogens is 3. The molecule has 10 nitrogen and oxygen atoms in total. The van der Waals surface area contributed by atoms with Gasteiger partial charge in [0.2, 0.25) is 11.8 Å². The molecule has 0 saturated carbocycles. The Morgan fingerprint density at radius 2 is 1.82 bits per heavy atom. The number of aromatic nitrogens is 1. The lowest BCUT2D eigenvalue weighted by atomic mass is 9.83. The zero-order valence-corrected chi connectivity index (χ0v) is 21.7. The van der Waals surface area contributed by atoms with Crippen LogP contribution in [0.3, 0.4) is 0 Å². The van der Waals surface area contributed by atoms with Crippen molar-refractivity contribution in [3.8, 4) is 5.75 Å². The number of alkyl halides is 3. The van der Waals surface area contributed by atoms with Crippen molar-refractivity contribution in [3.63, 3.8) is 0 Å². The maximum Gasteiger partial charge on any atom is 0.416 e. The van der Waals surface area contributed by atoms with E-state index in [0.717, 1.165) is 41.3 Å². The molecular formula is C25H18F3N3O7S2. The van der Waals surface area contributed by atoms with Crippen LogP contribution in [-0.2, 0) is 25.4 Å². The lowest BCUT2D eigenvalue weighted by molar-refractivity contribution is -0.149. The van der Waals surface area contributed by atoms with Gasteiger partial charge in [0.25, 0.3) is 5.91 Å². The number of thioether (sulfide) groups is 1. The molecule has 3 atom stereocenters. The van der Waals surface area contributed by atoms with Crippen molar-refractivity contribution in [1.82, 2.24) is 9.88 Å². The molecule has 0 bridgehead atoms. The summed E-state index contributed by atoms with van der Waals surface area (Å²) in [5.41, 5.74) is -0.495. The second-order valence-electron chi connectivity index (χ2n) is 8.89. The second kappa shape index (κ2) is 10.5. The monoisotopic (exact) mass is 593 g/mol. The smallest absolute Gasteiger partial charge is 0.416 e. The lowest BCUT2D eigenvalue weighted by Crippen LogP contribution is -2.36. The number of hydrogen-bond acceptors (Lipinski definition) is 8. The van der Waals surface area contributed by atoms with Crippen LogP contribution in [0, 0.1) is 5.92 Å². The van der Waals surface area contributed by atoms with Crippen LogP contribution in [0.15, 0.2) is 58.4 Å². The first-order chi connectivity index (χ1) is 18.9. The summed E-state index contributed by atoms with van der Waals surface area (Å²) in [5.74, 6) is -4.96. The number of benzene rings is 2. The number of carbonyl (C=O) groups is 4. The molecule has 3 heterocycles. The number of nitrogens with one attached hydrogen (secondary N) is 2. The molecule has 0 radical (unpaired) electrons. The number of H-pyrrole nitrogens is 1. The van der Waals surface area contributed by atoms with Crippen molar-refractivity contribution < 1.29 is 42.2 Å². The fraction of sp³-hybridized carbons (Fsp3) is 0.240. The van der Waals surface area contributed by atoms with Gasteiger partial charge in [-0.1, -0.05) is 41.3 Å². The van der Waals surface area contributed by atoms with Gasteiger partial charge in [-0.2, -0.15) is 13.2 Å². The molecule has 1 aromatic heterocycles. The van der Waals surface area contributed by atoms with Crippen LogP contribution in [-0.4, -0.2) is 57.1 Å². The van der Waals surface area contributed by atoms with Crippen molar-refractivity contribution in [1.29, 1.82) is 0 Å². The highest BCUT2D eigenvalue weighted by Crippen LogP contribution is 2.52. The molecule has 2 aliphatic heterocycles. The van der Waals surface area contributed by atoms with Crippen molar-refractivity contribution in [3.05, 3.63) is 74.2 Å². The molecule has 1 fully saturated rings. The first kappa shape index (κ1) is 27.5. The van der Waals surface area contributed by atoms with Crippen molar-refractivity contribution in [2.75, 3.05) is 18.5 Å². The number of anilines is 1. The number of thiazole rings is 1. The number of aromatic amines is 1. The number of carboxylic acid groups (broad SMARTS) is 1. The Balaban J connectivity index is 1.37. The van der Waals surface area contributed by atoms with E-state index in [1.807, 2.05) is 0 Å². The molecule has 1 saturated heterocycles. The predicted molar refractivity (Wildman–Crippen MR) is 136 cm³/mol. The van der Waals surface area contributed by atoms with Gasteiger partial charge >= 0.3 is 17.0 Å². The third-order valence-corrected chi connectivity index (χ3v) is 8.67. The number of amides is 3. The summed E-state index contributed by atoms with van der Waals surface area (Å²) in [6.07, 6.45) is -4.57. The number of fused-ring (bicyclic) bond motifs is 2. The highest BCUT2D eigenvalue weighted by molar-refractivity contribution is 8.00. The van der Waals surface area contributed by atoms with Crippen molar-refractivity contribution in [2.45, 2.75) is 22.4 Å². The van der Waals surface area contributed by atoms with Gasteiger partial charge in [-0.15, -0.1) is 0 Å². The van der Waals surface area contributed by atoms with E-state index in [9.17, 15) is 42.3 Å². The predicted octanol–water partition coefficient (Wildman–Crippen LogP) is 3.15. The average Bonchev–Trinajstić information content (AvgIpc) is 3.37. The van der Waals surface area contributed by atoms with Gasteiger partial charge < -0.3 is 20.1 Å². The number of carbonyl (C=O) groups excluding carboxylic acids is 3. The first-order valence-electron chi connectivity index (χ1n) is 11.6. The number of rotatable bonds is 7. The number of nitrogens with zero attached hydrogens (tertiary/aromatic N) is 1. The summed E-state index contributed by atoms with van der Waals surface area (Å²) >= 11 is 1.88. The standard InChI is InChI=1S/C25H18F3N3O7S2/c26-25(27,28)12-4-2-5-13(8-12)29-15(32)10-38-14-6-1-3-11(7-14)17-18-20(39-21-19(17)40-24(37)30-21)23(36)31(22(18)35)9-16(33)34/h1-8,17-18,20H,9-10H2,(H,29,32)(H,30,37)(H,33,34)/t17-,18+,20-/m0/s1. The van der Waals surface area contributed by atoms with Crippen LogP contribution in [0.5, 0.6) is 5.75 Å². The van der Waals surface area contributed by atoms with E-state index in [-0.39, 0.29) is 16.3 Å². The summed E-state index contributed by atoms with van der Waals surface area (Å²) in [5, 5.41) is 11.0. The second-order valence-corrected chi connectivity index (χ2v) is 11.1. The van der Waals surface area contributed by atoms with Crippen LogP contribution < -0.4 is 14.9 Å². The highest BCUT2D eigenvalue weighted by atomic mass is 32.2. The quantitative estimate of drug-likeness (QED) is 0.354. The fourth-order valence-corrected chi connectivity index (χ4v) is 7.18. The Labute approximate surface area is 231 Å². The molecule has 3 N–H and O–H groups in total. The molecule has 3 aromatic rings. The van der Waals surface area contributed by atoms with Gasteiger partial charge in [0.1, 0.15) is 17.5 Å². The lowest BCUT2D eigenvalue weighted by Gasteiger charge is -2.30. The van der Waals surface area contributed by atoms with Crippen LogP contribution >= 0.6 is 23.1 Å². The van der Waals surface area contributed by atoms with Crippen LogP contribution in [0.1, 0.15) is 21.9 Å². The fourth-order valence-electron chi connectivity index (χ4n) is 4.64. The molecule has 40 heavy (non-hydrogen) atoms. The van der Waals surface area contributed by atoms with Gasteiger partial charge in [-0.25, -0.2) is 0 Å². The van der Waals surface area contributed by atoms with E-state index in [1.165, 1.54) is 18.2 Å². The van der Waals surface area contributed by atoms with Gasteiger partial charge in [0.05, 0.1) is 16.5 Å². The maximum atomic E-state index is 13.2. The number of likely N-dealkylation sites (tertiary alicyclic amines) is 1. The summed E-state index contributed by atoms with van der Waals surface area (Å²) < 4.78 is 44.4. The molecule has 15 heteroatoms. The number of imide groups is 1. The van der Waals surface area contributed by atoms with E-state index in [2.05, 4.69) is 10.3 Å². The maximum absolute atomic E-state index is 13.2. The zero-order valence-electron chi connectivity index (χ0n) is 20.1. The SMILES string of the molecule is O=C(O)CN1C(=O)[C@@H]2[C@H](c3cccc(OCC(=O)Nc4cccc(C(F)(F)F)c4)c3)c3sc(=O)[nH]c3S[C@@H]2C1=O. The molecule has 2 aromatic carbocycles. The van der Waals surface area contributed by atoms with Crippen molar-refractivity contribution >= 4 is 52.5 Å². The van der Waals surface area contributed by atoms with E-state index in [0.29, 0.717) is 20.4 Å². The van der Waals surface area contributed by atoms with E-state index in [1.54, 1.807) is 12.1 Å². The average molecular weight is 594 g/mol. The number of carboxylic acids is 1. The largest absolute Gasteiger partial charge is 0.484 e. The molecule has 208 valence electrons. The Morgan fingerprint density at radius 3 is 2.55 bits per heavy atom. The van der Waals surface area contributed by atoms with Gasteiger partial charge in [-0.3, -0.25) is 28.9 Å². The topological polar surface area (TPSA) is 146 Å². The molecule has 2 aliphatic rings. The highest BCUT2D eigenvalue weighted by Gasteiger charge is 2.56. The Kier molecular flexibility index (Phi) is 7.18. The minimum absolute atomic E-state index is 0.0619. The number of ether oxygens (including phenoxy) is 1. The summed E-state index contributed by atoms with van der Waals surface area (Å²) in [4.78, 5) is 65.5. The molecule has 3 amide bonds. The summed E-state index contributed by atoms with van der Waals surface area (Å²) in [6.45, 7) is -1.33.